The van der Waals surface area contributed by atoms with E-state index in [1.165, 1.54) is 13.2 Å². The van der Waals surface area contributed by atoms with E-state index in [-0.39, 0.29) is 11.6 Å². The van der Waals surface area contributed by atoms with Gasteiger partial charge in [0.25, 0.3) is 5.69 Å². The van der Waals surface area contributed by atoms with Crippen molar-refractivity contribution in [3.8, 4) is 5.75 Å². The molecule has 2 N–H and O–H groups in total. The second-order valence-corrected chi connectivity index (χ2v) is 3.32. The first-order chi connectivity index (χ1) is 7.10. The Balaban J connectivity index is 3.22. The van der Waals surface area contributed by atoms with Gasteiger partial charge in [-0.15, -0.1) is 0 Å². The number of hydrogen-bond acceptors (Lipinski definition) is 4. The van der Waals surface area contributed by atoms with E-state index >= 15 is 0 Å². The molecule has 0 radical (unpaired) electrons. The second-order valence-electron chi connectivity index (χ2n) is 3.32. The van der Waals surface area contributed by atoms with Crippen LogP contribution in [-0.2, 0) is 0 Å². The average molecular weight is 210 g/mol. The van der Waals surface area contributed by atoms with Crippen molar-refractivity contribution in [3.05, 3.63) is 33.9 Å². The topological polar surface area (TPSA) is 78.4 Å². The third-order valence-corrected chi connectivity index (χ3v) is 2.32. The van der Waals surface area contributed by atoms with Crippen molar-refractivity contribution < 1.29 is 9.66 Å². The van der Waals surface area contributed by atoms with Crippen LogP contribution in [0.15, 0.2) is 18.2 Å². The molecule has 5 nitrogen and oxygen atoms in total. The summed E-state index contributed by atoms with van der Waals surface area (Å²) in [4.78, 5) is 10.4. The summed E-state index contributed by atoms with van der Waals surface area (Å²) in [6.45, 7) is 2.22. The number of nitro groups is 1. The summed E-state index contributed by atoms with van der Waals surface area (Å²) >= 11 is 0. The lowest BCUT2D eigenvalue weighted by atomic mass is 9.99. The second kappa shape index (κ2) is 4.75. The molecular weight excluding hydrogens is 196 g/mol. The molecule has 0 spiro atoms. The van der Waals surface area contributed by atoms with Crippen LogP contribution in [0.25, 0.3) is 0 Å². The largest absolute Gasteiger partial charge is 0.497 e. The number of benzene rings is 1. The predicted molar refractivity (Wildman–Crippen MR) is 57.1 cm³/mol. The SMILES string of the molecule is COc1ccc([N+](=O)[O-])c(C(C)CN)c1. The molecule has 0 aliphatic heterocycles. The monoisotopic (exact) mass is 210 g/mol. The zero-order valence-electron chi connectivity index (χ0n) is 8.77. The molecule has 0 saturated heterocycles. The fraction of sp³-hybridized carbons (Fsp3) is 0.400. The molecule has 0 aromatic heterocycles. The molecule has 1 atom stereocenters. The van der Waals surface area contributed by atoms with Crippen LogP contribution in [0, 0.1) is 10.1 Å². The van der Waals surface area contributed by atoms with E-state index < -0.39 is 4.92 Å². The Bertz CT molecular complexity index is 366. The summed E-state index contributed by atoms with van der Waals surface area (Å²) in [5.74, 6) is 0.552. The Morgan fingerprint density at radius 2 is 2.27 bits per heavy atom. The van der Waals surface area contributed by atoms with E-state index in [1.807, 2.05) is 6.92 Å². The maximum absolute atomic E-state index is 10.8. The molecular formula is C10H14N2O3. The molecule has 0 bridgehead atoms. The Kier molecular flexibility index (Phi) is 3.62. The Morgan fingerprint density at radius 1 is 1.60 bits per heavy atom. The molecule has 1 unspecified atom stereocenters. The third kappa shape index (κ3) is 2.44. The van der Waals surface area contributed by atoms with Gasteiger partial charge in [-0.1, -0.05) is 6.92 Å². The van der Waals surface area contributed by atoms with Crippen molar-refractivity contribution in [2.45, 2.75) is 12.8 Å². The van der Waals surface area contributed by atoms with Crippen LogP contribution in [0.1, 0.15) is 18.4 Å². The fourth-order valence-corrected chi connectivity index (χ4v) is 1.35. The van der Waals surface area contributed by atoms with Gasteiger partial charge in [-0.25, -0.2) is 0 Å². The van der Waals surface area contributed by atoms with Crippen molar-refractivity contribution in [3.63, 3.8) is 0 Å². The van der Waals surface area contributed by atoms with Crippen LogP contribution in [0.4, 0.5) is 5.69 Å². The molecule has 0 fully saturated rings. The molecule has 82 valence electrons. The third-order valence-electron chi connectivity index (χ3n) is 2.32. The summed E-state index contributed by atoms with van der Waals surface area (Å²) in [7, 11) is 1.53. The number of hydrogen-bond donors (Lipinski definition) is 1. The highest BCUT2D eigenvalue weighted by molar-refractivity contribution is 5.47. The summed E-state index contributed by atoms with van der Waals surface area (Å²) in [6.07, 6.45) is 0. The van der Waals surface area contributed by atoms with Gasteiger partial charge in [-0.05, 0) is 18.7 Å². The van der Waals surface area contributed by atoms with E-state index in [0.29, 0.717) is 17.9 Å². The van der Waals surface area contributed by atoms with E-state index in [0.717, 1.165) is 0 Å². The molecule has 15 heavy (non-hydrogen) atoms. The van der Waals surface area contributed by atoms with Crippen LogP contribution in [-0.4, -0.2) is 18.6 Å². The lowest BCUT2D eigenvalue weighted by Crippen LogP contribution is -2.10. The number of nitro benzene ring substituents is 1. The molecule has 1 aromatic carbocycles. The Labute approximate surface area is 88.0 Å². The first-order valence-corrected chi connectivity index (χ1v) is 4.62. The first-order valence-electron chi connectivity index (χ1n) is 4.62. The zero-order valence-corrected chi connectivity index (χ0v) is 8.77. The standard InChI is InChI=1S/C10H14N2O3/c1-7(6-11)9-5-8(15-2)3-4-10(9)12(13)14/h3-5,7H,6,11H2,1-2H3. The predicted octanol–water partition coefficient (Wildman–Crippen LogP) is 1.67. The maximum atomic E-state index is 10.8. The summed E-state index contributed by atoms with van der Waals surface area (Å²) < 4.78 is 5.02. The molecule has 0 aliphatic carbocycles. The average Bonchev–Trinajstić information content (AvgIpc) is 2.26. The first kappa shape index (κ1) is 11.5. The van der Waals surface area contributed by atoms with E-state index in [2.05, 4.69) is 0 Å². The van der Waals surface area contributed by atoms with Gasteiger partial charge >= 0.3 is 0 Å². The molecule has 1 rings (SSSR count). The van der Waals surface area contributed by atoms with Gasteiger partial charge in [-0.3, -0.25) is 10.1 Å². The van der Waals surface area contributed by atoms with Crippen LogP contribution >= 0.6 is 0 Å². The van der Waals surface area contributed by atoms with Crippen molar-refractivity contribution in [1.29, 1.82) is 0 Å². The van der Waals surface area contributed by atoms with E-state index in [4.69, 9.17) is 10.5 Å². The highest BCUT2D eigenvalue weighted by atomic mass is 16.6. The number of rotatable bonds is 4. The van der Waals surface area contributed by atoms with Crippen molar-refractivity contribution in [2.24, 2.45) is 5.73 Å². The molecule has 0 heterocycles. The van der Waals surface area contributed by atoms with Crippen molar-refractivity contribution in [2.75, 3.05) is 13.7 Å². The van der Waals surface area contributed by atoms with Gasteiger partial charge in [0.05, 0.1) is 12.0 Å². The van der Waals surface area contributed by atoms with Crippen molar-refractivity contribution in [1.82, 2.24) is 0 Å². The highest BCUT2D eigenvalue weighted by Crippen LogP contribution is 2.29. The zero-order chi connectivity index (χ0) is 11.4. The summed E-state index contributed by atoms with van der Waals surface area (Å²) in [5.41, 5.74) is 6.21. The van der Waals surface area contributed by atoms with E-state index in [1.54, 1.807) is 12.1 Å². The van der Waals surface area contributed by atoms with Gasteiger partial charge in [0, 0.05) is 17.5 Å². The van der Waals surface area contributed by atoms with Crippen LogP contribution in [0.2, 0.25) is 0 Å². The molecule has 0 amide bonds. The molecule has 0 aliphatic rings. The molecule has 0 saturated carbocycles. The Hall–Kier alpha value is -1.62. The van der Waals surface area contributed by atoms with Gasteiger partial charge in [0.1, 0.15) is 5.75 Å². The minimum Gasteiger partial charge on any atom is -0.497 e. The smallest absolute Gasteiger partial charge is 0.273 e. The van der Waals surface area contributed by atoms with Gasteiger partial charge in [-0.2, -0.15) is 0 Å². The lowest BCUT2D eigenvalue weighted by molar-refractivity contribution is -0.385. The number of ether oxygens (including phenoxy) is 1. The van der Waals surface area contributed by atoms with Crippen molar-refractivity contribution >= 4 is 5.69 Å². The number of nitrogens with two attached hydrogens (primary N) is 1. The van der Waals surface area contributed by atoms with Crippen LogP contribution in [0.3, 0.4) is 0 Å². The van der Waals surface area contributed by atoms with Crippen LogP contribution in [0.5, 0.6) is 5.75 Å². The molecule has 1 aromatic rings. The van der Waals surface area contributed by atoms with E-state index in [9.17, 15) is 10.1 Å². The Morgan fingerprint density at radius 3 is 2.73 bits per heavy atom. The number of methoxy groups -OCH3 is 1. The van der Waals surface area contributed by atoms with Crippen LogP contribution < -0.4 is 10.5 Å². The normalized spacial score (nSPS) is 12.2. The quantitative estimate of drug-likeness (QED) is 0.605. The minimum absolute atomic E-state index is 0.0551. The number of nitrogens with zero attached hydrogens (tertiary/aromatic N) is 1. The highest BCUT2D eigenvalue weighted by Gasteiger charge is 2.18. The van der Waals surface area contributed by atoms with Gasteiger partial charge in [0.15, 0.2) is 0 Å². The maximum Gasteiger partial charge on any atom is 0.273 e. The van der Waals surface area contributed by atoms with Gasteiger partial charge < -0.3 is 10.5 Å². The summed E-state index contributed by atoms with van der Waals surface area (Å²) in [5, 5.41) is 10.8. The fourth-order valence-electron chi connectivity index (χ4n) is 1.35. The summed E-state index contributed by atoms with van der Waals surface area (Å²) in [6, 6.07) is 4.68. The minimum atomic E-state index is -0.402. The van der Waals surface area contributed by atoms with Gasteiger partial charge in [0.2, 0.25) is 0 Å². The lowest BCUT2D eigenvalue weighted by Gasteiger charge is -2.10. The molecule has 5 heteroatoms.